The first-order valence-corrected chi connectivity index (χ1v) is 6.67. The molecule has 0 saturated carbocycles. The van der Waals surface area contributed by atoms with E-state index in [9.17, 15) is 4.79 Å². The molecule has 0 bridgehead atoms. The van der Waals surface area contributed by atoms with E-state index in [0.717, 1.165) is 19.4 Å². The highest BCUT2D eigenvalue weighted by atomic mass is 16.2. The van der Waals surface area contributed by atoms with E-state index >= 15 is 0 Å². The number of amides is 1. The number of nitrogens with zero attached hydrogens (tertiary/aromatic N) is 6. The first kappa shape index (κ1) is 12.7. The van der Waals surface area contributed by atoms with Crippen molar-refractivity contribution in [2.45, 2.75) is 25.8 Å². The number of aromatic nitrogens is 5. The molecule has 0 aromatic carbocycles. The lowest BCUT2D eigenvalue weighted by atomic mass is 10.1. The molecule has 0 N–H and O–H groups in total. The average molecular weight is 272 g/mol. The highest BCUT2D eigenvalue weighted by Crippen LogP contribution is 2.21. The second-order valence-corrected chi connectivity index (χ2v) is 4.91. The Morgan fingerprint density at radius 1 is 1.45 bits per heavy atom. The molecule has 20 heavy (non-hydrogen) atoms. The number of hydrogen-bond acceptors (Lipinski definition) is 5. The summed E-state index contributed by atoms with van der Waals surface area (Å²) in [5.74, 6) is 0.570. The molecule has 3 rings (SSSR count). The van der Waals surface area contributed by atoms with Gasteiger partial charge in [0.25, 0.3) is 5.91 Å². The third-order valence-corrected chi connectivity index (χ3v) is 3.49. The van der Waals surface area contributed by atoms with Crippen molar-refractivity contribution in [2.24, 2.45) is 0 Å². The van der Waals surface area contributed by atoms with Gasteiger partial charge in [0.05, 0.1) is 6.04 Å². The number of likely N-dealkylation sites (tertiary alicyclic amines) is 1. The molecular formula is C13H16N6O. The van der Waals surface area contributed by atoms with Crippen LogP contribution < -0.4 is 0 Å². The van der Waals surface area contributed by atoms with E-state index in [1.54, 1.807) is 25.5 Å². The summed E-state index contributed by atoms with van der Waals surface area (Å²) < 4.78 is 1.82. The largest absolute Gasteiger partial charge is 0.335 e. The number of carbonyl (C=O) groups excluding carboxylic acids is 1. The molecule has 2 aromatic rings. The first-order chi connectivity index (χ1) is 9.74. The fourth-order valence-corrected chi connectivity index (χ4v) is 2.50. The van der Waals surface area contributed by atoms with Crippen LogP contribution in [0.1, 0.15) is 35.2 Å². The minimum atomic E-state index is -0.0414. The third kappa shape index (κ3) is 2.52. The van der Waals surface area contributed by atoms with Crippen molar-refractivity contribution in [3.63, 3.8) is 0 Å². The van der Waals surface area contributed by atoms with Crippen LogP contribution in [0.5, 0.6) is 0 Å². The number of piperidine rings is 1. The molecular weight excluding hydrogens is 256 g/mol. The highest BCUT2D eigenvalue weighted by molar-refractivity contribution is 5.92. The predicted molar refractivity (Wildman–Crippen MR) is 71.0 cm³/mol. The van der Waals surface area contributed by atoms with E-state index < -0.39 is 0 Å². The molecule has 1 unspecified atom stereocenters. The Kier molecular flexibility index (Phi) is 3.41. The molecule has 0 radical (unpaired) electrons. The summed E-state index contributed by atoms with van der Waals surface area (Å²) in [5, 5.41) is 4.16. The topological polar surface area (TPSA) is 76.8 Å². The van der Waals surface area contributed by atoms with Gasteiger partial charge in [-0.15, -0.1) is 0 Å². The maximum absolute atomic E-state index is 12.5. The molecule has 2 aromatic heterocycles. The normalized spacial score (nSPS) is 19.1. The molecule has 7 heteroatoms. The van der Waals surface area contributed by atoms with E-state index in [0.29, 0.717) is 18.1 Å². The van der Waals surface area contributed by atoms with Crippen molar-refractivity contribution in [2.75, 3.05) is 13.1 Å². The van der Waals surface area contributed by atoms with Crippen LogP contribution in [0.2, 0.25) is 0 Å². The summed E-state index contributed by atoms with van der Waals surface area (Å²) in [5.41, 5.74) is 0.455. The maximum atomic E-state index is 12.5. The SMILES string of the molecule is Cc1nccc(C(=O)N2CCCC(n3cncn3)C2)n1. The summed E-state index contributed by atoms with van der Waals surface area (Å²) in [4.78, 5) is 26.5. The summed E-state index contributed by atoms with van der Waals surface area (Å²) in [6.45, 7) is 3.18. The lowest BCUT2D eigenvalue weighted by Crippen LogP contribution is -2.41. The second-order valence-electron chi connectivity index (χ2n) is 4.91. The zero-order valence-corrected chi connectivity index (χ0v) is 11.3. The summed E-state index contributed by atoms with van der Waals surface area (Å²) in [7, 11) is 0. The lowest BCUT2D eigenvalue weighted by molar-refractivity contribution is 0.0666. The quantitative estimate of drug-likeness (QED) is 0.810. The van der Waals surface area contributed by atoms with Crippen LogP contribution in [0, 0.1) is 6.92 Å². The molecule has 1 atom stereocenters. The molecule has 1 aliphatic rings. The van der Waals surface area contributed by atoms with Gasteiger partial charge in [0.1, 0.15) is 24.2 Å². The van der Waals surface area contributed by atoms with Crippen molar-refractivity contribution >= 4 is 5.91 Å². The van der Waals surface area contributed by atoms with E-state index in [2.05, 4.69) is 20.1 Å². The van der Waals surface area contributed by atoms with Crippen LogP contribution in [0.25, 0.3) is 0 Å². The van der Waals surface area contributed by atoms with Gasteiger partial charge in [-0.3, -0.25) is 4.79 Å². The maximum Gasteiger partial charge on any atom is 0.272 e. The van der Waals surface area contributed by atoms with Gasteiger partial charge in [0, 0.05) is 19.3 Å². The molecule has 1 amide bonds. The summed E-state index contributed by atoms with van der Waals surface area (Å²) in [6, 6.07) is 1.85. The average Bonchev–Trinajstić information content (AvgIpc) is 3.01. The number of hydrogen-bond donors (Lipinski definition) is 0. The van der Waals surface area contributed by atoms with Gasteiger partial charge in [-0.1, -0.05) is 0 Å². The zero-order chi connectivity index (χ0) is 13.9. The van der Waals surface area contributed by atoms with Crippen LogP contribution in [-0.2, 0) is 0 Å². The minimum absolute atomic E-state index is 0.0414. The van der Waals surface area contributed by atoms with Crippen molar-refractivity contribution in [1.29, 1.82) is 0 Å². The molecule has 0 aliphatic carbocycles. The van der Waals surface area contributed by atoms with E-state index in [-0.39, 0.29) is 11.9 Å². The molecule has 1 fully saturated rings. The van der Waals surface area contributed by atoms with Crippen molar-refractivity contribution in [1.82, 2.24) is 29.6 Å². The Labute approximate surface area is 116 Å². The molecule has 0 spiro atoms. The Balaban J connectivity index is 1.75. The lowest BCUT2D eigenvalue weighted by Gasteiger charge is -2.32. The van der Waals surface area contributed by atoms with Gasteiger partial charge in [0.15, 0.2) is 0 Å². The van der Waals surface area contributed by atoms with Crippen LogP contribution in [-0.4, -0.2) is 48.6 Å². The molecule has 1 saturated heterocycles. The van der Waals surface area contributed by atoms with Crippen molar-refractivity contribution < 1.29 is 4.79 Å². The van der Waals surface area contributed by atoms with Gasteiger partial charge < -0.3 is 4.90 Å². The predicted octanol–water partition coefficient (Wildman–Crippen LogP) is 0.854. The van der Waals surface area contributed by atoms with Crippen LogP contribution >= 0.6 is 0 Å². The fraction of sp³-hybridized carbons (Fsp3) is 0.462. The monoisotopic (exact) mass is 272 g/mol. The van der Waals surface area contributed by atoms with Gasteiger partial charge in [0.2, 0.25) is 0 Å². The number of aryl methyl sites for hydroxylation is 1. The van der Waals surface area contributed by atoms with Gasteiger partial charge in [-0.25, -0.2) is 19.6 Å². The van der Waals surface area contributed by atoms with Crippen molar-refractivity contribution in [3.8, 4) is 0 Å². The Hall–Kier alpha value is -2.31. The molecule has 1 aliphatic heterocycles. The van der Waals surface area contributed by atoms with Gasteiger partial charge >= 0.3 is 0 Å². The summed E-state index contributed by atoms with van der Waals surface area (Å²) >= 11 is 0. The van der Waals surface area contributed by atoms with E-state index in [4.69, 9.17) is 0 Å². The minimum Gasteiger partial charge on any atom is -0.335 e. The number of rotatable bonds is 2. The molecule has 3 heterocycles. The number of carbonyl (C=O) groups is 1. The zero-order valence-electron chi connectivity index (χ0n) is 11.3. The van der Waals surface area contributed by atoms with Gasteiger partial charge in [-0.2, -0.15) is 5.10 Å². The Morgan fingerprint density at radius 2 is 2.35 bits per heavy atom. The Morgan fingerprint density at radius 3 is 3.10 bits per heavy atom. The third-order valence-electron chi connectivity index (χ3n) is 3.49. The molecule has 104 valence electrons. The highest BCUT2D eigenvalue weighted by Gasteiger charge is 2.26. The van der Waals surface area contributed by atoms with Crippen LogP contribution in [0.15, 0.2) is 24.9 Å². The summed E-state index contributed by atoms with van der Waals surface area (Å²) in [6.07, 6.45) is 6.81. The smallest absolute Gasteiger partial charge is 0.272 e. The van der Waals surface area contributed by atoms with E-state index in [1.807, 2.05) is 9.58 Å². The van der Waals surface area contributed by atoms with Crippen LogP contribution in [0.3, 0.4) is 0 Å². The Bertz CT molecular complexity index is 597. The van der Waals surface area contributed by atoms with Gasteiger partial charge in [-0.05, 0) is 25.8 Å². The van der Waals surface area contributed by atoms with Crippen molar-refractivity contribution in [3.05, 3.63) is 36.4 Å². The second kappa shape index (κ2) is 5.36. The molecule has 7 nitrogen and oxygen atoms in total. The van der Waals surface area contributed by atoms with Crippen LogP contribution in [0.4, 0.5) is 0 Å². The standard InChI is InChI=1S/C13H16N6O/c1-10-15-5-4-12(17-10)13(20)18-6-2-3-11(7-18)19-9-14-8-16-19/h4-5,8-9,11H,2-3,6-7H2,1H3. The fourth-order valence-electron chi connectivity index (χ4n) is 2.50. The first-order valence-electron chi connectivity index (χ1n) is 6.67. The van der Waals surface area contributed by atoms with E-state index in [1.165, 1.54) is 6.33 Å².